The fourth-order valence-corrected chi connectivity index (χ4v) is 2.32. The van der Waals surface area contributed by atoms with E-state index >= 15 is 0 Å². The van der Waals surface area contributed by atoms with Crippen LogP contribution in [0.15, 0.2) is 48.5 Å². The molecule has 0 amide bonds. The van der Waals surface area contributed by atoms with Gasteiger partial charge in [0.2, 0.25) is 0 Å². The quantitative estimate of drug-likeness (QED) is 0.790. The Morgan fingerprint density at radius 2 is 1.00 bits per heavy atom. The molecular formula is C19H22O6. The predicted molar refractivity (Wildman–Crippen MR) is 91.7 cm³/mol. The summed E-state index contributed by atoms with van der Waals surface area (Å²) in [5.74, 6) is 2.40. The van der Waals surface area contributed by atoms with Crippen molar-refractivity contribution >= 4 is 0 Å². The number of aliphatic hydroxyl groups is 1. The largest absolute Gasteiger partial charge is 0.487 e. The normalized spacial score (nSPS) is 17.0. The Morgan fingerprint density at radius 1 is 0.600 bits per heavy atom. The van der Waals surface area contributed by atoms with Gasteiger partial charge in [0.15, 0.2) is 23.0 Å². The smallest absolute Gasteiger partial charge is 0.161 e. The first-order valence-electron chi connectivity index (χ1n) is 8.28. The molecular weight excluding hydrogens is 324 g/mol. The highest BCUT2D eigenvalue weighted by Crippen LogP contribution is 2.28. The van der Waals surface area contributed by atoms with Gasteiger partial charge in [-0.05, 0) is 24.3 Å². The molecule has 0 fully saturated rings. The molecule has 0 saturated heterocycles. The van der Waals surface area contributed by atoms with E-state index in [0.29, 0.717) is 49.4 Å². The van der Waals surface area contributed by atoms with Crippen molar-refractivity contribution in [2.75, 3.05) is 39.6 Å². The third-order valence-electron chi connectivity index (χ3n) is 3.53. The van der Waals surface area contributed by atoms with Crippen LogP contribution in [0.4, 0.5) is 0 Å². The molecule has 2 aromatic carbocycles. The van der Waals surface area contributed by atoms with Crippen LogP contribution < -0.4 is 18.9 Å². The fourth-order valence-electron chi connectivity index (χ4n) is 2.32. The third-order valence-corrected chi connectivity index (χ3v) is 3.53. The Morgan fingerprint density at radius 3 is 1.44 bits per heavy atom. The molecule has 1 aliphatic rings. The maximum Gasteiger partial charge on any atom is 0.161 e. The molecule has 2 aromatic rings. The lowest BCUT2D eigenvalue weighted by Crippen LogP contribution is -2.25. The molecule has 0 aliphatic carbocycles. The average Bonchev–Trinajstić information content (AvgIpc) is 2.64. The van der Waals surface area contributed by atoms with E-state index in [-0.39, 0.29) is 13.2 Å². The van der Waals surface area contributed by atoms with E-state index in [2.05, 4.69) is 0 Å². The van der Waals surface area contributed by atoms with Crippen LogP contribution in [0.2, 0.25) is 0 Å². The van der Waals surface area contributed by atoms with E-state index in [4.69, 9.17) is 23.7 Å². The Hall–Kier alpha value is -2.44. The topological polar surface area (TPSA) is 66.4 Å². The molecule has 0 aromatic heterocycles. The van der Waals surface area contributed by atoms with Crippen molar-refractivity contribution in [1.82, 2.24) is 0 Å². The molecule has 134 valence electrons. The Balaban J connectivity index is 1.68. The van der Waals surface area contributed by atoms with E-state index in [1.165, 1.54) is 0 Å². The van der Waals surface area contributed by atoms with Crippen LogP contribution in [-0.4, -0.2) is 50.9 Å². The zero-order chi connectivity index (χ0) is 17.3. The molecule has 0 atom stereocenters. The van der Waals surface area contributed by atoms with Gasteiger partial charge in [0, 0.05) is 0 Å². The maximum atomic E-state index is 10.1. The summed E-state index contributed by atoms with van der Waals surface area (Å²) in [7, 11) is 0. The van der Waals surface area contributed by atoms with E-state index in [0.717, 1.165) is 0 Å². The zero-order valence-electron chi connectivity index (χ0n) is 13.9. The van der Waals surface area contributed by atoms with Gasteiger partial charge in [0.25, 0.3) is 0 Å². The van der Waals surface area contributed by atoms with Crippen LogP contribution in [0.5, 0.6) is 23.0 Å². The number of hydrogen-bond donors (Lipinski definition) is 1. The van der Waals surface area contributed by atoms with Crippen molar-refractivity contribution in [2.45, 2.75) is 6.10 Å². The SMILES string of the molecule is OC1COc2ccccc2OCCOCCOc2ccccc2OC1. The first kappa shape index (κ1) is 17.4. The Labute approximate surface area is 146 Å². The predicted octanol–water partition coefficient (Wildman–Crippen LogP) is 2.29. The lowest BCUT2D eigenvalue weighted by Gasteiger charge is -2.18. The summed E-state index contributed by atoms with van der Waals surface area (Å²) in [6.07, 6.45) is -0.780. The van der Waals surface area contributed by atoms with Crippen LogP contribution in [-0.2, 0) is 4.74 Å². The summed E-state index contributed by atoms with van der Waals surface area (Å²) in [4.78, 5) is 0. The Bertz CT molecular complexity index is 604. The van der Waals surface area contributed by atoms with Crippen molar-refractivity contribution in [2.24, 2.45) is 0 Å². The van der Waals surface area contributed by atoms with Crippen LogP contribution >= 0.6 is 0 Å². The highest BCUT2D eigenvalue weighted by atomic mass is 16.6. The number of fused-ring (bicyclic) bond motifs is 2. The molecule has 0 radical (unpaired) electrons. The summed E-state index contributed by atoms with van der Waals surface area (Å²) in [6.45, 7) is 1.89. The average molecular weight is 346 g/mol. The molecule has 1 N–H and O–H groups in total. The van der Waals surface area contributed by atoms with Gasteiger partial charge in [-0.3, -0.25) is 0 Å². The zero-order valence-corrected chi connectivity index (χ0v) is 13.9. The van der Waals surface area contributed by atoms with E-state index in [1.54, 1.807) is 12.1 Å². The van der Waals surface area contributed by atoms with Crippen molar-refractivity contribution < 1.29 is 28.8 Å². The van der Waals surface area contributed by atoms with Gasteiger partial charge in [-0.1, -0.05) is 24.3 Å². The monoisotopic (exact) mass is 346 g/mol. The summed E-state index contributed by atoms with van der Waals surface area (Å²) in [5, 5.41) is 10.1. The number of hydrogen-bond acceptors (Lipinski definition) is 6. The fraction of sp³-hybridized carbons (Fsp3) is 0.368. The minimum atomic E-state index is -0.780. The van der Waals surface area contributed by atoms with Crippen LogP contribution in [0.25, 0.3) is 0 Å². The number of aliphatic hydroxyl groups excluding tert-OH is 1. The van der Waals surface area contributed by atoms with Crippen molar-refractivity contribution in [3.63, 3.8) is 0 Å². The second-order valence-corrected chi connectivity index (χ2v) is 5.48. The van der Waals surface area contributed by atoms with Crippen LogP contribution in [0, 0.1) is 0 Å². The molecule has 0 bridgehead atoms. The Kier molecular flexibility index (Phi) is 6.36. The highest BCUT2D eigenvalue weighted by Gasteiger charge is 2.12. The van der Waals surface area contributed by atoms with Gasteiger partial charge in [-0.25, -0.2) is 0 Å². The first-order chi connectivity index (χ1) is 12.3. The van der Waals surface area contributed by atoms with Gasteiger partial charge in [-0.15, -0.1) is 0 Å². The van der Waals surface area contributed by atoms with E-state index < -0.39 is 6.10 Å². The highest BCUT2D eigenvalue weighted by molar-refractivity contribution is 5.40. The summed E-state index contributed by atoms with van der Waals surface area (Å²) in [6, 6.07) is 14.7. The van der Waals surface area contributed by atoms with Crippen LogP contribution in [0.1, 0.15) is 0 Å². The maximum absolute atomic E-state index is 10.1. The number of ether oxygens (including phenoxy) is 5. The minimum absolute atomic E-state index is 0.0971. The van der Waals surface area contributed by atoms with Crippen LogP contribution in [0.3, 0.4) is 0 Å². The number of para-hydroxylation sites is 4. The minimum Gasteiger partial charge on any atom is -0.487 e. The molecule has 0 unspecified atom stereocenters. The number of benzene rings is 2. The molecule has 1 aliphatic heterocycles. The second-order valence-electron chi connectivity index (χ2n) is 5.48. The van der Waals surface area contributed by atoms with Gasteiger partial charge in [0.1, 0.15) is 32.5 Å². The lowest BCUT2D eigenvalue weighted by molar-refractivity contribution is 0.0528. The summed E-state index contributed by atoms with van der Waals surface area (Å²) in [5.41, 5.74) is 0. The third kappa shape index (κ3) is 5.27. The van der Waals surface area contributed by atoms with Gasteiger partial charge in [0.05, 0.1) is 13.2 Å². The van der Waals surface area contributed by atoms with E-state index in [9.17, 15) is 5.11 Å². The molecule has 0 saturated carbocycles. The van der Waals surface area contributed by atoms with Crippen molar-refractivity contribution in [3.8, 4) is 23.0 Å². The number of rotatable bonds is 0. The summed E-state index contributed by atoms with van der Waals surface area (Å²) < 4.78 is 28.2. The molecule has 1 heterocycles. The van der Waals surface area contributed by atoms with E-state index in [1.807, 2.05) is 36.4 Å². The van der Waals surface area contributed by atoms with Gasteiger partial charge >= 0.3 is 0 Å². The lowest BCUT2D eigenvalue weighted by atomic mass is 10.3. The molecule has 6 heteroatoms. The van der Waals surface area contributed by atoms with Gasteiger partial charge in [-0.2, -0.15) is 0 Å². The molecule has 6 nitrogen and oxygen atoms in total. The van der Waals surface area contributed by atoms with Crippen molar-refractivity contribution in [3.05, 3.63) is 48.5 Å². The second kappa shape index (κ2) is 9.15. The first-order valence-corrected chi connectivity index (χ1v) is 8.28. The van der Waals surface area contributed by atoms with Gasteiger partial charge < -0.3 is 28.8 Å². The molecule has 3 rings (SSSR count). The standard InChI is InChI=1S/C19H22O6/c20-15-13-24-18-7-3-1-5-16(18)22-11-9-21-10-12-23-17-6-2-4-8-19(17)25-14-15/h1-8,15,20H,9-14H2. The summed E-state index contributed by atoms with van der Waals surface area (Å²) >= 11 is 0. The van der Waals surface area contributed by atoms with Crippen molar-refractivity contribution in [1.29, 1.82) is 0 Å². The molecule has 0 spiro atoms. The molecule has 25 heavy (non-hydrogen) atoms.